The summed E-state index contributed by atoms with van der Waals surface area (Å²) in [5.74, 6) is -0.102. The topological polar surface area (TPSA) is 73.1 Å². The molecule has 190 valence electrons. The van der Waals surface area contributed by atoms with Crippen LogP contribution in [0.25, 0.3) is 28.0 Å². The number of piperidine rings is 1. The number of halogens is 2. The second kappa shape index (κ2) is 9.10. The number of anilines is 1. The first-order valence-electron chi connectivity index (χ1n) is 12.6. The molecule has 1 atom stereocenters. The van der Waals surface area contributed by atoms with Gasteiger partial charge in [0.05, 0.1) is 22.4 Å². The number of ether oxygens (including phenoxy) is 1. The summed E-state index contributed by atoms with van der Waals surface area (Å²) in [6.45, 7) is 6.97. The van der Waals surface area contributed by atoms with Crippen molar-refractivity contribution >= 4 is 28.5 Å². The summed E-state index contributed by atoms with van der Waals surface area (Å²) in [5, 5.41) is 0.755. The molecule has 0 aliphatic carbocycles. The Morgan fingerprint density at radius 3 is 2.76 bits per heavy atom. The van der Waals surface area contributed by atoms with E-state index in [1.807, 2.05) is 26.8 Å². The summed E-state index contributed by atoms with van der Waals surface area (Å²) in [7, 11) is 0. The van der Waals surface area contributed by atoms with Gasteiger partial charge >= 0.3 is 5.69 Å². The minimum atomic E-state index is -0.610. The van der Waals surface area contributed by atoms with Crippen LogP contribution in [0.5, 0.6) is 5.75 Å². The largest absolute Gasteiger partial charge is 0.487 e. The molecular formula is C28H27ClFN5O2. The van der Waals surface area contributed by atoms with Gasteiger partial charge in [-0.25, -0.2) is 18.7 Å². The van der Waals surface area contributed by atoms with E-state index in [9.17, 15) is 4.79 Å². The number of benzene rings is 1. The van der Waals surface area contributed by atoms with E-state index in [1.54, 1.807) is 30.5 Å². The number of aromatic nitrogens is 4. The quantitative estimate of drug-likeness (QED) is 0.339. The van der Waals surface area contributed by atoms with Crippen LogP contribution in [0.3, 0.4) is 0 Å². The zero-order valence-electron chi connectivity index (χ0n) is 21.0. The molecule has 4 aromatic rings. The van der Waals surface area contributed by atoms with Crippen molar-refractivity contribution in [1.82, 2.24) is 19.5 Å². The smallest absolute Gasteiger partial charge is 0.355 e. The Morgan fingerprint density at radius 2 is 1.97 bits per heavy atom. The molecule has 0 unspecified atom stereocenters. The third-order valence-corrected chi connectivity index (χ3v) is 7.61. The van der Waals surface area contributed by atoms with E-state index in [-0.39, 0.29) is 29.1 Å². The summed E-state index contributed by atoms with van der Waals surface area (Å²) < 4.78 is 23.9. The zero-order chi connectivity index (χ0) is 25.8. The fourth-order valence-corrected chi connectivity index (χ4v) is 5.70. The maximum absolute atomic E-state index is 16.3. The first kappa shape index (κ1) is 23.9. The van der Waals surface area contributed by atoms with Crippen LogP contribution in [0, 0.1) is 12.7 Å². The van der Waals surface area contributed by atoms with Crippen LogP contribution in [0.15, 0.2) is 41.3 Å². The number of aryl methyl sites for hydroxylation is 1. The Balaban J connectivity index is 1.78. The van der Waals surface area contributed by atoms with Gasteiger partial charge in [0.25, 0.3) is 0 Å². The highest BCUT2D eigenvalue weighted by atomic mass is 35.5. The van der Waals surface area contributed by atoms with E-state index in [0.717, 1.165) is 37.1 Å². The van der Waals surface area contributed by atoms with Crippen LogP contribution in [0.2, 0.25) is 5.02 Å². The molecule has 37 heavy (non-hydrogen) atoms. The van der Waals surface area contributed by atoms with Gasteiger partial charge in [-0.3, -0.25) is 4.98 Å². The van der Waals surface area contributed by atoms with E-state index >= 15 is 4.39 Å². The molecule has 1 aromatic carbocycles. The summed E-state index contributed by atoms with van der Waals surface area (Å²) in [5.41, 5.74) is 2.44. The van der Waals surface area contributed by atoms with Crippen LogP contribution in [-0.2, 0) is 0 Å². The van der Waals surface area contributed by atoms with Crippen LogP contribution in [-0.4, -0.2) is 38.7 Å². The predicted octanol–water partition coefficient (Wildman–Crippen LogP) is 5.82. The zero-order valence-corrected chi connectivity index (χ0v) is 21.7. The van der Waals surface area contributed by atoms with E-state index < -0.39 is 11.5 Å². The Hall–Kier alpha value is -3.52. The Bertz CT molecular complexity index is 1600. The first-order chi connectivity index (χ1) is 17.9. The van der Waals surface area contributed by atoms with Gasteiger partial charge < -0.3 is 9.64 Å². The average Bonchev–Trinajstić information content (AvgIpc) is 3.05. The molecule has 3 aromatic heterocycles. The van der Waals surface area contributed by atoms with Gasteiger partial charge in [0.2, 0.25) is 0 Å². The maximum Gasteiger partial charge on any atom is 0.355 e. The van der Waals surface area contributed by atoms with Gasteiger partial charge in [0, 0.05) is 18.3 Å². The van der Waals surface area contributed by atoms with E-state index in [0.29, 0.717) is 34.1 Å². The second-order valence-corrected chi connectivity index (χ2v) is 10.4. The van der Waals surface area contributed by atoms with Crippen LogP contribution < -0.4 is 15.3 Å². The highest BCUT2D eigenvalue weighted by molar-refractivity contribution is 6.33. The lowest BCUT2D eigenvalue weighted by Gasteiger charge is -2.34. The molecule has 0 N–H and O–H groups in total. The van der Waals surface area contributed by atoms with Gasteiger partial charge in [0.15, 0.2) is 17.2 Å². The van der Waals surface area contributed by atoms with Crippen molar-refractivity contribution in [2.75, 3.05) is 18.1 Å². The normalized spacial score (nSPS) is 17.0. The van der Waals surface area contributed by atoms with Crippen molar-refractivity contribution in [2.24, 2.45) is 0 Å². The molecule has 2 aliphatic heterocycles. The van der Waals surface area contributed by atoms with Gasteiger partial charge in [0.1, 0.15) is 23.5 Å². The molecule has 6 rings (SSSR count). The Morgan fingerprint density at radius 1 is 1.16 bits per heavy atom. The molecule has 5 heterocycles. The molecule has 7 nitrogen and oxygen atoms in total. The lowest BCUT2D eigenvalue weighted by molar-refractivity contribution is 0.258. The van der Waals surface area contributed by atoms with E-state index in [1.165, 1.54) is 4.57 Å². The number of rotatable bonds is 3. The SMILES string of the molecule is Cc1ccnc(C(C)C)c1-n1c(=O)nc2c3c(c(F)c(-c4ccccc4Cl)nc31)OC[C@H]1CCCCN21. The maximum atomic E-state index is 16.3. The predicted molar refractivity (Wildman–Crippen MR) is 143 cm³/mol. The van der Waals surface area contributed by atoms with Gasteiger partial charge in [-0.15, -0.1) is 0 Å². The first-order valence-corrected chi connectivity index (χ1v) is 13.0. The molecule has 0 bridgehead atoms. The number of fused-ring (bicyclic) bond motifs is 2. The number of nitrogens with zero attached hydrogens (tertiary/aromatic N) is 5. The molecular weight excluding hydrogens is 493 g/mol. The van der Waals surface area contributed by atoms with Crippen molar-refractivity contribution < 1.29 is 9.13 Å². The van der Waals surface area contributed by atoms with Crippen molar-refractivity contribution in [3.05, 3.63) is 69.1 Å². The number of hydrogen-bond donors (Lipinski definition) is 0. The van der Waals surface area contributed by atoms with Crippen molar-refractivity contribution in [1.29, 1.82) is 0 Å². The fraction of sp³-hybridized carbons (Fsp3) is 0.357. The summed E-state index contributed by atoms with van der Waals surface area (Å²) >= 11 is 6.49. The average molecular weight is 520 g/mol. The highest BCUT2D eigenvalue weighted by Gasteiger charge is 2.35. The molecule has 9 heteroatoms. The molecule has 0 radical (unpaired) electrons. The number of pyridine rings is 2. The third kappa shape index (κ3) is 3.77. The van der Waals surface area contributed by atoms with Gasteiger partial charge in [-0.05, 0) is 49.8 Å². The molecule has 1 saturated heterocycles. The summed E-state index contributed by atoms with van der Waals surface area (Å²) in [6.07, 6.45) is 4.61. The highest BCUT2D eigenvalue weighted by Crippen LogP contribution is 2.43. The fourth-order valence-electron chi connectivity index (χ4n) is 5.47. The summed E-state index contributed by atoms with van der Waals surface area (Å²) in [4.78, 5) is 29.9. The summed E-state index contributed by atoms with van der Waals surface area (Å²) in [6, 6.07) is 8.81. The minimum Gasteiger partial charge on any atom is -0.487 e. The Kier molecular flexibility index (Phi) is 5.87. The molecule has 0 spiro atoms. The molecule has 0 saturated carbocycles. The third-order valence-electron chi connectivity index (χ3n) is 7.28. The van der Waals surface area contributed by atoms with Crippen molar-refractivity contribution in [3.8, 4) is 22.7 Å². The lowest BCUT2D eigenvalue weighted by Crippen LogP contribution is -2.43. The van der Waals surface area contributed by atoms with E-state index in [2.05, 4.69) is 14.9 Å². The minimum absolute atomic E-state index is 0.00150. The van der Waals surface area contributed by atoms with Crippen LogP contribution in [0.4, 0.5) is 10.2 Å². The monoisotopic (exact) mass is 519 g/mol. The molecule has 2 aliphatic rings. The van der Waals surface area contributed by atoms with Gasteiger partial charge in [-0.2, -0.15) is 4.98 Å². The van der Waals surface area contributed by atoms with Crippen LogP contribution in [0.1, 0.15) is 50.3 Å². The van der Waals surface area contributed by atoms with Gasteiger partial charge in [-0.1, -0.05) is 43.6 Å². The van der Waals surface area contributed by atoms with E-state index in [4.69, 9.17) is 21.3 Å². The van der Waals surface area contributed by atoms with Crippen molar-refractivity contribution in [2.45, 2.75) is 52.0 Å². The lowest BCUT2D eigenvalue weighted by atomic mass is 10.0. The second-order valence-electron chi connectivity index (χ2n) is 10.0. The van der Waals surface area contributed by atoms with Crippen molar-refractivity contribution in [3.63, 3.8) is 0 Å². The molecule has 0 amide bonds. The number of hydrogen-bond acceptors (Lipinski definition) is 6. The molecule has 1 fully saturated rings. The standard InChI is InChI=1S/C28H27ClFN5O2/c1-15(2)22-24(16(3)11-12-31-22)35-27-20-25(21(30)23(32-27)18-9-4-5-10-19(18)29)37-14-17-8-6-7-13-34(17)26(20)33-28(35)36/h4-5,9-12,15,17H,6-8,13-14H2,1-3H3/t17-/m1/s1. The van der Waals surface area contributed by atoms with Crippen LogP contribution >= 0.6 is 11.6 Å². The Labute approximate surface area is 218 Å².